The van der Waals surface area contributed by atoms with Crippen LogP contribution in [0.3, 0.4) is 0 Å². The average Bonchev–Trinajstić information content (AvgIpc) is 2.27. The predicted molar refractivity (Wildman–Crippen MR) is 54.4 cm³/mol. The van der Waals surface area contributed by atoms with Crippen molar-refractivity contribution < 1.29 is 0 Å². The van der Waals surface area contributed by atoms with Gasteiger partial charge in [0.2, 0.25) is 0 Å². The maximum Gasteiger partial charge on any atom is 0.114 e. The molecule has 2 heteroatoms. The number of fused-ring (bicyclic) bond motifs is 1. The molecule has 1 heterocycles. The van der Waals surface area contributed by atoms with Crippen molar-refractivity contribution in [1.29, 1.82) is 5.26 Å². The Morgan fingerprint density at radius 1 is 1.29 bits per heavy atom. The second-order valence-electron chi connectivity index (χ2n) is 2.83. The van der Waals surface area contributed by atoms with E-state index in [0.29, 0.717) is 11.3 Å². The van der Waals surface area contributed by atoms with E-state index in [4.69, 9.17) is 11.7 Å². The van der Waals surface area contributed by atoms with Crippen LogP contribution in [0.4, 0.5) is 0 Å². The van der Waals surface area contributed by atoms with E-state index < -0.39 is 0 Å². The van der Waals surface area contributed by atoms with Crippen LogP contribution in [0.25, 0.3) is 10.9 Å². The Hall–Kier alpha value is -2.32. The van der Waals surface area contributed by atoms with E-state index in [1.165, 1.54) is 0 Å². The number of hydrogen-bond donors (Lipinski definition) is 0. The summed E-state index contributed by atoms with van der Waals surface area (Å²) in [6.07, 6.45) is 5.24. The van der Waals surface area contributed by atoms with E-state index in [9.17, 15) is 0 Å². The minimum absolute atomic E-state index is 0.500. The first kappa shape index (κ1) is 8.29. The van der Waals surface area contributed by atoms with E-state index >= 15 is 0 Å². The first-order valence-corrected chi connectivity index (χ1v) is 4.11. The number of aromatic nitrogens is 1. The Morgan fingerprint density at radius 2 is 2.07 bits per heavy atom. The molecule has 0 aliphatic rings. The van der Waals surface area contributed by atoms with E-state index in [0.717, 1.165) is 10.9 Å². The quantitative estimate of drug-likeness (QED) is 0.579. The van der Waals surface area contributed by atoms with Crippen LogP contribution in [0.1, 0.15) is 11.3 Å². The van der Waals surface area contributed by atoms with Gasteiger partial charge >= 0.3 is 0 Å². The summed E-state index contributed by atoms with van der Waals surface area (Å²) in [7, 11) is 0. The van der Waals surface area contributed by atoms with E-state index in [1.54, 1.807) is 6.07 Å². The monoisotopic (exact) mass is 178 g/mol. The predicted octanol–water partition coefficient (Wildman–Crippen LogP) is 2.09. The molecule has 0 radical (unpaired) electrons. The number of terminal acetylenes is 1. The molecule has 0 fully saturated rings. The minimum atomic E-state index is 0.500. The van der Waals surface area contributed by atoms with Gasteiger partial charge in [-0.05, 0) is 12.1 Å². The molecule has 0 aliphatic heterocycles. The number of nitriles is 1. The Kier molecular flexibility index (Phi) is 1.89. The number of para-hydroxylation sites is 1. The third kappa shape index (κ3) is 1.20. The smallest absolute Gasteiger partial charge is 0.114 e. The van der Waals surface area contributed by atoms with Gasteiger partial charge in [-0.1, -0.05) is 24.1 Å². The molecule has 1 aromatic heterocycles. The van der Waals surface area contributed by atoms with Gasteiger partial charge in [0.1, 0.15) is 5.69 Å². The van der Waals surface area contributed by atoms with Crippen molar-refractivity contribution in [2.24, 2.45) is 0 Å². The largest absolute Gasteiger partial charge is 0.239 e. The Balaban J connectivity index is 2.90. The van der Waals surface area contributed by atoms with Crippen LogP contribution in [-0.2, 0) is 0 Å². The Morgan fingerprint density at radius 3 is 2.79 bits per heavy atom. The van der Waals surface area contributed by atoms with Crippen LogP contribution in [-0.4, -0.2) is 4.98 Å². The van der Waals surface area contributed by atoms with Crippen molar-refractivity contribution in [1.82, 2.24) is 4.98 Å². The van der Waals surface area contributed by atoms with Crippen molar-refractivity contribution in [3.05, 3.63) is 41.6 Å². The lowest BCUT2D eigenvalue weighted by Gasteiger charge is -1.99. The standard InChI is InChI=1S/C12H6N2/c1-2-10-7-9(8-13)11-5-3-4-6-12(11)14-10/h1,3-7H. The maximum atomic E-state index is 8.91. The number of hydrogen-bond acceptors (Lipinski definition) is 2. The van der Waals surface area contributed by atoms with Gasteiger partial charge in [-0.3, -0.25) is 0 Å². The molecule has 1 aromatic carbocycles. The zero-order valence-corrected chi connectivity index (χ0v) is 7.36. The molecule has 0 spiro atoms. The van der Waals surface area contributed by atoms with Gasteiger partial charge in [-0.15, -0.1) is 6.42 Å². The Labute approximate surface area is 81.8 Å². The summed E-state index contributed by atoms with van der Waals surface area (Å²) in [6.45, 7) is 0. The molecule has 0 atom stereocenters. The molecule has 0 aliphatic carbocycles. The third-order valence-electron chi connectivity index (χ3n) is 1.98. The van der Waals surface area contributed by atoms with Crippen molar-refractivity contribution >= 4 is 10.9 Å². The number of rotatable bonds is 0. The normalized spacial score (nSPS) is 9.29. The summed E-state index contributed by atoms with van der Waals surface area (Å²) in [5, 5.41) is 9.75. The van der Waals surface area contributed by atoms with Crippen molar-refractivity contribution in [2.75, 3.05) is 0 Å². The summed E-state index contributed by atoms with van der Waals surface area (Å²) in [5.41, 5.74) is 1.84. The Bertz CT molecular complexity index is 571. The van der Waals surface area contributed by atoms with E-state index in [1.807, 2.05) is 24.3 Å². The SMILES string of the molecule is C#Cc1cc(C#N)c2ccccc2n1. The van der Waals surface area contributed by atoms with Crippen LogP contribution in [0.2, 0.25) is 0 Å². The highest BCUT2D eigenvalue weighted by Crippen LogP contribution is 2.16. The lowest BCUT2D eigenvalue weighted by Crippen LogP contribution is -1.88. The fourth-order valence-electron chi connectivity index (χ4n) is 1.34. The molecule has 0 N–H and O–H groups in total. The van der Waals surface area contributed by atoms with Crippen LogP contribution in [0.15, 0.2) is 30.3 Å². The van der Waals surface area contributed by atoms with Crippen LogP contribution >= 0.6 is 0 Å². The fourth-order valence-corrected chi connectivity index (χ4v) is 1.34. The first-order valence-electron chi connectivity index (χ1n) is 4.11. The summed E-state index contributed by atoms with van der Waals surface area (Å²) < 4.78 is 0. The van der Waals surface area contributed by atoms with Crippen LogP contribution < -0.4 is 0 Å². The molecule has 2 nitrogen and oxygen atoms in total. The van der Waals surface area contributed by atoms with Crippen molar-refractivity contribution in [2.45, 2.75) is 0 Å². The van der Waals surface area contributed by atoms with Gasteiger partial charge in [0.25, 0.3) is 0 Å². The molecule has 0 unspecified atom stereocenters. The zero-order valence-electron chi connectivity index (χ0n) is 7.36. The number of nitrogens with zero attached hydrogens (tertiary/aromatic N) is 2. The maximum absolute atomic E-state index is 8.91. The minimum Gasteiger partial charge on any atom is -0.239 e. The molecule has 0 saturated heterocycles. The highest BCUT2D eigenvalue weighted by Gasteiger charge is 2.02. The van der Waals surface area contributed by atoms with Gasteiger partial charge in [-0.2, -0.15) is 5.26 Å². The highest BCUT2D eigenvalue weighted by molar-refractivity contribution is 5.85. The second-order valence-corrected chi connectivity index (χ2v) is 2.83. The molecular weight excluding hydrogens is 172 g/mol. The second kappa shape index (κ2) is 3.20. The van der Waals surface area contributed by atoms with Crippen LogP contribution in [0, 0.1) is 23.7 Å². The third-order valence-corrected chi connectivity index (χ3v) is 1.98. The average molecular weight is 178 g/mol. The fraction of sp³-hybridized carbons (Fsp3) is 0. The molecule has 2 rings (SSSR count). The first-order chi connectivity index (χ1) is 6.85. The van der Waals surface area contributed by atoms with Crippen LogP contribution in [0.5, 0.6) is 0 Å². The van der Waals surface area contributed by atoms with Crippen molar-refractivity contribution in [3.8, 4) is 18.4 Å². The van der Waals surface area contributed by atoms with Crippen molar-refractivity contribution in [3.63, 3.8) is 0 Å². The number of pyridine rings is 1. The zero-order chi connectivity index (χ0) is 9.97. The molecule has 0 amide bonds. The number of benzene rings is 1. The lowest BCUT2D eigenvalue weighted by atomic mass is 10.1. The summed E-state index contributed by atoms with van der Waals surface area (Å²) in [5.74, 6) is 2.43. The van der Waals surface area contributed by atoms with E-state index in [2.05, 4.69) is 17.0 Å². The lowest BCUT2D eigenvalue weighted by molar-refractivity contribution is 1.35. The van der Waals surface area contributed by atoms with Gasteiger partial charge < -0.3 is 0 Å². The molecule has 2 aromatic rings. The molecular formula is C12H6N2. The molecule has 0 saturated carbocycles. The summed E-state index contributed by atoms with van der Waals surface area (Å²) in [6, 6.07) is 11.2. The van der Waals surface area contributed by atoms with Gasteiger partial charge in [0.15, 0.2) is 0 Å². The van der Waals surface area contributed by atoms with E-state index in [-0.39, 0.29) is 0 Å². The van der Waals surface area contributed by atoms with Gasteiger partial charge in [-0.25, -0.2) is 4.98 Å². The highest BCUT2D eigenvalue weighted by atomic mass is 14.7. The topological polar surface area (TPSA) is 36.7 Å². The molecule has 14 heavy (non-hydrogen) atoms. The van der Waals surface area contributed by atoms with Gasteiger partial charge in [0, 0.05) is 5.39 Å². The summed E-state index contributed by atoms with van der Waals surface area (Å²) in [4.78, 5) is 4.22. The molecule has 0 bridgehead atoms. The summed E-state index contributed by atoms with van der Waals surface area (Å²) >= 11 is 0. The molecule has 64 valence electrons. The van der Waals surface area contributed by atoms with Gasteiger partial charge in [0.05, 0.1) is 17.1 Å².